The van der Waals surface area contributed by atoms with Gasteiger partial charge >= 0.3 is 0 Å². The summed E-state index contributed by atoms with van der Waals surface area (Å²) in [6, 6.07) is 6.29. The van der Waals surface area contributed by atoms with E-state index in [2.05, 4.69) is 47.3 Å². The minimum atomic E-state index is 0.523. The molecule has 1 aromatic carbocycles. The summed E-state index contributed by atoms with van der Waals surface area (Å²) >= 11 is 0. The third-order valence-corrected chi connectivity index (χ3v) is 3.10. The Morgan fingerprint density at radius 3 is 2.30 bits per heavy atom. The fourth-order valence-corrected chi connectivity index (χ4v) is 1.99. The molecule has 0 aliphatic carbocycles. The number of hydrogen-bond donors (Lipinski definition) is 1. The van der Waals surface area contributed by atoms with Gasteiger partial charge < -0.3 is 14.8 Å². The maximum Gasteiger partial charge on any atom is 0.225 e. The predicted molar refractivity (Wildman–Crippen MR) is 78.4 cm³/mol. The second kappa shape index (κ2) is 6.23. The third kappa shape index (κ3) is 2.99. The number of ether oxygens (including phenoxy) is 2. The summed E-state index contributed by atoms with van der Waals surface area (Å²) in [6.45, 7) is 4.67. The molecule has 2 aromatic rings. The lowest BCUT2D eigenvalue weighted by Crippen LogP contribution is -2.07. The molecule has 0 aliphatic heterocycles. The van der Waals surface area contributed by atoms with Crippen molar-refractivity contribution >= 4 is 5.69 Å². The van der Waals surface area contributed by atoms with E-state index in [0.29, 0.717) is 18.3 Å². The van der Waals surface area contributed by atoms with Gasteiger partial charge in [-0.1, -0.05) is 12.1 Å². The molecule has 0 atom stereocenters. The summed E-state index contributed by atoms with van der Waals surface area (Å²) < 4.78 is 10.5. The molecule has 1 heterocycles. The van der Waals surface area contributed by atoms with Gasteiger partial charge in [0.15, 0.2) is 0 Å². The lowest BCUT2D eigenvalue weighted by atomic mass is 10.1. The molecule has 1 aromatic heterocycles. The number of rotatable bonds is 5. The summed E-state index contributed by atoms with van der Waals surface area (Å²) in [6.07, 6.45) is 1.43. The number of benzene rings is 1. The molecule has 20 heavy (non-hydrogen) atoms. The van der Waals surface area contributed by atoms with E-state index in [1.807, 2.05) is 0 Å². The van der Waals surface area contributed by atoms with Crippen LogP contribution >= 0.6 is 0 Å². The van der Waals surface area contributed by atoms with Crippen molar-refractivity contribution in [3.05, 3.63) is 41.2 Å². The van der Waals surface area contributed by atoms with Crippen LogP contribution in [0.15, 0.2) is 24.5 Å². The van der Waals surface area contributed by atoms with Gasteiger partial charge in [-0.15, -0.1) is 0 Å². The summed E-state index contributed by atoms with van der Waals surface area (Å²) in [5, 5.41) is 3.38. The maximum atomic E-state index is 5.26. The van der Waals surface area contributed by atoms with E-state index in [0.717, 1.165) is 11.3 Å². The third-order valence-electron chi connectivity index (χ3n) is 3.10. The number of aryl methyl sites for hydroxylation is 2. The molecule has 2 rings (SSSR count). The number of hydrogen-bond acceptors (Lipinski definition) is 5. The second-order valence-corrected chi connectivity index (χ2v) is 4.54. The van der Waals surface area contributed by atoms with E-state index in [9.17, 15) is 0 Å². The Labute approximate surface area is 119 Å². The number of aromatic nitrogens is 2. The van der Waals surface area contributed by atoms with Crippen LogP contribution in [-0.4, -0.2) is 24.2 Å². The van der Waals surface area contributed by atoms with E-state index in [-0.39, 0.29) is 0 Å². The Kier molecular flexibility index (Phi) is 4.40. The van der Waals surface area contributed by atoms with Gasteiger partial charge in [0.2, 0.25) is 11.8 Å². The minimum absolute atomic E-state index is 0.523. The van der Waals surface area contributed by atoms with Crippen molar-refractivity contribution < 1.29 is 9.47 Å². The van der Waals surface area contributed by atoms with Crippen LogP contribution in [0.4, 0.5) is 5.69 Å². The predicted octanol–water partition coefficient (Wildman–Crippen LogP) is 2.72. The number of nitrogens with one attached hydrogen (secondary N) is 1. The largest absolute Gasteiger partial charge is 0.481 e. The SMILES string of the molecule is COc1ncnc(OC)c1CNc1cc(C)ccc1C. The van der Waals surface area contributed by atoms with Crippen molar-refractivity contribution in [3.63, 3.8) is 0 Å². The van der Waals surface area contributed by atoms with Crippen LogP contribution in [0.5, 0.6) is 11.8 Å². The molecule has 1 N–H and O–H groups in total. The van der Waals surface area contributed by atoms with Crippen molar-refractivity contribution in [1.29, 1.82) is 0 Å². The standard InChI is InChI=1S/C15H19N3O2/c1-10-5-6-11(2)13(7-10)16-8-12-14(19-3)17-9-18-15(12)20-4/h5-7,9,16H,8H2,1-4H3. The second-order valence-electron chi connectivity index (χ2n) is 4.54. The van der Waals surface area contributed by atoms with E-state index in [4.69, 9.17) is 9.47 Å². The van der Waals surface area contributed by atoms with Gasteiger partial charge in [-0.3, -0.25) is 0 Å². The lowest BCUT2D eigenvalue weighted by Gasteiger charge is -2.14. The first-order chi connectivity index (χ1) is 9.65. The Morgan fingerprint density at radius 1 is 1.05 bits per heavy atom. The summed E-state index contributed by atoms with van der Waals surface area (Å²) in [4.78, 5) is 8.21. The number of nitrogens with zero attached hydrogens (tertiary/aromatic N) is 2. The average molecular weight is 273 g/mol. The van der Waals surface area contributed by atoms with Gasteiger partial charge in [0.1, 0.15) is 6.33 Å². The normalized spacial score (nSPS) is 10.2. The molecule has 0 saturated heterocycles. The zero-order chi connectivity index (χ0) is 14.5. The van der Waals surface area contributed by atoms with E-state index in [1.54, 1.807) is 14.2 Å². The number of anilines is 1. The highest BCUT2D eigenvalue weighted by Gasteiger charge is 2.12. The molecule has 0 amide bonds. The van der Waals surface area contributed by atoms with E-state index in [1.165, 1.54) is 17.5 Å². The van der Waals surface area contributed by atoms with Crippen LogP contribution in [-0.2, 0) is 6.54 Å². The zero-order valence-electron chi connectivity index (χ0n) is 12.2. The average Bonchev–Trinajstić information content (AvgIpc) is 2.47. The summed E-state index contributed by atoms with van der Waals surface area (Å²) in [5.41, 5.74) is 4.28. The van der Waals surface area contributed by atoms with Crippen molar-refractivity contribution in [2.24, 2.45) is 0 Å². The van der Waals surface area contributed by atoms with Gasteiger partial charge in [-0.05, 0) is 31.0 Å². The molecule has 106 valence electrons. The lowest BCUT2D eigenvalue weighted by molar-refractivity contribution is 0.363. The van der Waals surface area contributed by atoms with Crippen LogP contribution < -0.4 is 14.8 Å². The van der Waals surface area contributed by atoms with E-state index >= 15 is 0 Å². The van der Waals surface area contributed by atoms with Crippen molar-refractivity contribution in [2.75, 3.05) is 19.5 Å². The van der Waals surface area contributed by atoms with E-state index < -0.39 is 0 Å². The Morgan fingerprint density at radius 2 is 1.70 bits per heavy atom. The summed E-state index contributed by atoms with van der Waals surface area (Å²) in [5.74, 6) is 1.05. The van der Waals surface area contributed by atoms with Crippen molar-refractivity contribution in [1.82, 2.24) is 9.97 Å². The highest BCUT2D eigenvalue weighted by Crippen LogP contribution is 2.25. The van der Waals surface area contributed by atoms with Crippen LogP contribution in [0.3, 0.4) is 0 Å². The van der Waals surface area contributed by atoms with Gasteiger partial charge in [-0.2, -0.15) is 0 Å². The Bertz CT molecular complexity index is 577. The minimum Gasteiger partial charge on any atom is -0.481 e. The summed E-state index contributed by atoms with van der Waals surface area (Å²) in [7, 11) is 3.17. The maximum absolute atomic E-state index is 5.26. The Balaban J connectivity index is 2.24. The van der Waals surface area contributed by atoms with Gasteiger partial charge in [0.05, 0.1) is 26.3 Å². The van der Waals surface area contributed by atoms with Crippen LogP contribution in [0.25, 0.3) is 0 Å². The molecular formula is C15H19N3O2. The molecule has 0 bridgehead atoms. The molecule has 5 heteroatoms. The van der Waals surface area contributed by atoms with Crippen LogP contribution in [0, 0.1) is 13.8 Å². The highest BCUT2D eigenvalue weighted by atomic mass is 16.5. The molecular weight excluding hydrogens is 254 g/mol. The molecule has 0 saturated carbocycles. The van der Waals surface area contributed by atoms with Crippen LogP contribution in [0.1, 0.15) is 16.7 Å². The fraction of sp³-hybridized carbons (Fsp3) is 0.333. The molecule has 0 unspecified atom stereocenters. The first-order valence-corrected chi connectivity index (χ1v) is 6.38. The Hall–Kier alpha value is -2.30. The molecule has 0 fully saturated rings. The molecule has 0 spiro atoms. The van der Waals surface area contributed by atoms with Gasteiger partial charge in [-0.25, -0.2) is 9.97 Å². The van der Waals surface area contributed by atoms with Crippen molar-refractivity contribution in [2.45, 2.75) is 20.4 Å². The smallest absolute Gasteiger partial charge is 0.225 e. The quantitative estimate of drug-likeness (QED) is 0.907. The molecule has 0 aliphatic rings. The molecule has 5 nitrogen and oxygen atoms in total. The fourth-order valence-electron chi connectivity index (χ4n) is 1.99. The molecule has 0 radical (unpaired) electrons. The van der Waals surface area contributed by atoms with Crippen molar-refractivity contribution in [3.8, 4) is 11.8 Å². The van der Waals surface area contributed by atoms with Gasteiger partial charge in [0.25, 0.3) is 0 Å². The zero-order valence-corrected chi connectivity index (χ0v) is 12.2. The topological polar surface area (TPSA) is 56.3 Å². The van der Waals surface area contributed by atoms with Gasteiger partial charge in [0, 0.05) is 5.69 Å². The first kappa shape index (κ1) is 14.1. The number of methoxy groups -OCH3 is 2. The van der Waals surface area contributed by atoms with Crippen LogP contribution in [0.2, 0.25) is 0 Å². The highest BCUT2D eigenvalue weighted by molar-refractivity contribution is 5.53. The first-order valence-electron chi connectivity index (χ1n) is 6.38. The monoisotopic (exact) mass is 273 g/mol.